The number of nitrogens with two attached hydrogens (primary N) is 1. The van der Waals surface area contributed by atoms with E-state index < -0.39 is 11.8 Å². The maximum Gasteiger partial charge on any atom is 0.338 e. The highest BCUT2D eigenvalue weighted by Crippen LogP contribution is 2.28. The van der Waals surface area contributed by atoms with Gasteiger partial charge in [-0.25, -0.2) is 9.18 Å². The quantitative estimate of drug-likeness (QED) is 0.689. The highest BCUT2D eigenvalue weighted by atomic mass is 32.2. The molecule has 2 aromatic rings. The van der Waals surface area contributed by atoms with Gasteiger partial charge < -0.3 is 10.5 Å². The lowest BCUT2D eigenvalue weighted by molar-refractivity contribution is 0.0599. The molecule has 100 valence electrons. The number of hydrogen-bond donors (Lipinski definition) is 1. The Bertz CT molecular complexity index is 603. The summed E-state index contributed by atoms with van der Waals surface area (Å²) in [5.41, 5.74) is 6.36. The first-order valence-electron chi connectivity index (χ1n) is 5.18. The van der Waals surface area contributed by atoms with Gasteiger partial charge in [0.25, 0.3) is 0 Å². The third-order valence-electron chi connectivity index (χ3n) is 2.25. The highest BCUT2D eigenvalue weighted by Gasteiger charge is 2.14. The van der Waals surface area contributed by atoms with Crippen molar-refractivity contribution in [3.05, 3.63) is 35.1 Å². The van der Waals surface area contributed by atoms with Crippen molar-refractivity contribution in [2.24, 2.45) is 0 Å². The van der Waals surface area contributed by atoms with E-state index in [0.29, 0.717) is 20.8 Å². The number of ether oxygens (including phenoxy) is 1. The molecule has 0 atom stereocenters. The minimum Gasteiger partial charge on any atom is -0.465 e. The van der Waals surface area contributed by atoms with Crippen LogP contribution in [-0.2, 0) is 10.5 Å². The third-order valence-corrected chi connectivity index (χ3v) is 4.19. The molecule has 2 N–H and O–H groups in total. The second-order valence-electron chi connectivity index (χ2n) is 3.49. The van der Waals surface area contributed by atoms with Crippen LogP contribution in [0.2, 0.25) is 0 Å². The van der Waals surface area contributed by atoms with Gasteiger partial charge in [0, 0.05) is 5.75 Å². The number of hydrogen-bond acceptors (Lipinski definition) is 7. The molecule has 0 spiro atoms. The Labute approximate surface area is 117 Å². The first-order chi connectivity index (χ1) is 9.10. The number of nitrogens with zero attached hydrogens (tertiary/aromatic N) is 2. The van der Waals surface area contributed by atoms with Crippen LogP contribution in [0.3, 0.4) is 0 Å². The number of nitrogen functional groups attached to an aromatic ring is 1. The summed E-state index contributed by atoms with van der Waals surface area (Å²) < 4.78 is 18.5. The SMILES string of the molecule is COC(=O)c1cc(F)ccc1CSc1nnc(N)s1. The van der Waals surface area contributed by atoms with Crippen LogP contribution in [0.25, 0.3) is 0 Å². The van der Waals surface area contributed by atoms with Crippen LogP contribution in [0.1, 0.15) is 15.9 Å². The van der Waals surface area contributed by atoms with Crippen LogP contribution in [0.4, 0.5) is 9.52 Å². The monoisotopic (exact) mass is 299 g/mol. The summed E-state index contributed by atoms with van der Waals surface area (Å²) >= 11 is 2.64. The number of aromatic nitrogens is 2. The van der Waals surface area contributed by atoms with Crippen molar-refractivity contribution < 1.29 is 13.9 Å². The van der Waals surface area contributed by atoms with E-state index in [1.54, 1.807) is 6.07 Å². The fourth-order valence-corrected chi connectivity index (χ4v) is 3.03. The second-order valence-corrected chi connectivity index (χ2v) is 5.72. The molecule has 0 aliphatic heterocycles. The van der Waals surface area contributed by atoms with Gasteiger partial charge in [0.1, 0.15) is 5.82 Å². The number of rotatable bonds is 4. The van der Waals surface area contributed by atoms with Crippen molar-refractivity contribution >= 4 is 34.2 Å². The lowest BCUT2D eigenvalue weighted by atomic mass is 10.1. The normalized spacial score (nSPS) is 10.4. The summed E-state index contributed by atoms with van der Waals surface area (Å²) in [5.74, 6) is -0.583. The Balaban J connectivity index is 2.17. The maximum atomic E-state index is 13.2. The van der Waals surface area contributed by atoms with E-state index in [0.717, 1.165) is 6.07 Å². The van der Waals surface area contributed by atoms with Crippen LogP contribution in [0, 0.1) is 5.82 Å². The van der Waals surface area contributed by atoms with Gasteiger partial charge in [-0.2, -0.15) is 0 Å². The second kappa shape index (κ2) is 5.98. The fraction of sp³-hybridized carbons (Fsp3) is 0.182. The van der Waals surface area contributed by atoms with Crippen LogP contribution in [0.5, 0.6) is 0 Å². The average molecular weight is 299 g/mol. The van der Waals surface area contributed by atoms with Crippen LogP contribution < -0.4 is 5.73 Å². The van der Waals surface area contributed by atoms with E-state index in [2.05, 4.69) is 14.9 Å². The predicted octanol–water partition coefficient (Wildman–Crippen LogP) is 2.34. The predicted molar refractivity (Wildman–Crippen MR) is 71.6 cm³/mol. The Kier molecular flexibility index (Phi) is 4.33. The van der Waals surface area contributed by atoms with Crippen molar-refractivity contribution in [1.82, 2.24) is 10.2 Å². The van der Waals surface area contributed by atoms with E-state index in [-0.39, 0.29) is 5.56 Å². The molecule has 0 saturated carbocycles. The summed E-state index contributed by atoms with van der Waals surface area (Å²) in [6, 6.07) is 4.02. The molecule has 19 heavy (non-hydrogen) atoms. The molecular weight excluding hydrogens is 289 g/mol. The summed E-state index contributed by atoms with van der Waals surface area (Å²) in [6.45, 7) is 0. The van der Waals surface area contributed by atoms with Gasteiger partial charge in [0.05, 0.1) is 12.7 Å². The molecule has 5 nitrogen and oxygen atoms in total. The molecule has 0 bridgehead atoms. The number of carbonyl (C=O) groups excluding carboxylic acids is 1. The Morgan fingerprint density at radius 3 is 2.95 bits per heavy atom. The van der Waals surface area contributed by atoms with E-state index in [1.807, 2.05) is 0 Å². The van der Waals surface area contributed by atoms with Crippen molar-refractivity contribution in [3.63, 3.8) is 0 Å². The molecule has 2 rings (SSSR count). The topological polar surface area (TPSA) is 78.1 Å². The van der Waals surface area contributed by atoms with Crippen molar-refractivity contribution in [3.8, 4) is 0 Å². The molecule has 0 saturated heterocycles. The number of anilines is 1. The van der Waals surface area contributed by atoms with Crippen LogP contribution in [-0.4, -0.2) is 23.3 Å². The summed E-state index contributed by atoms with van der Waals surface area (Å²) in [7, 11) is 1.26. The zero-order valence-corrected chi connectivity index (χ0v) is 11.6. The number of carbonyl (C=O) groups is 1. The number of halogens is 1. The van der Waals surface area contributed by atoms with Crippen molar-refractivity contribution in [1.29, 1.82) is 0 Å². The zero-order chi connectivity index (χ0) is 13.8. The lowest BCUT2D eigenvalue weighted by Crippen LogP contribution is -2.05. The van der Waals surface area contributed by atoms with Gasteiger partial charge in [-0.1, -0.05) is 29.2 Å². The molecule has 1 heterocycles. The molecule has 0 unspecified atom stereocenters. The molecule has 8 heteroatoms. The van der Waals surface area contributed by atoms with Gasteiger partial charge in [-0.3, -0.25) is 0 Å². The molecule has 1 aromatic carbocycles. The van der Waals surface area contributed by atoms with Gasteiger partial charge >= 0.3 is 5.97 Å². The summed E-state index contributed by atoms with van der Waals surface area (Å²) in [5, 5.41) is 7.93. The van der Waals surface area contributed by atoms with E-state index in [1.165, 1.54) is 36.3 Å². The maximum absolute atomic E-state index is 13.2. The van der Waals surface area contributed by atoms with Gasteiger partial charge in [0.2, 0.25) is 5.13 Å². The molecule has 0 aliphatic carbocycles. The zero-order valence-electron chi connectivity index (χ0n) is 9.92. The molecule has 0 amide bonds. The number of benzene rings is 1. The summed E-state index contributed by atoms with van der Waals surface area (Å²) in [6.07, 6.45) is 0. The molecule has 1 aromatic heterocycles. The first kappa shape index (κ1) is 13.8. The van der Waals surface area contributed by atoms with E-state index in [4.69, 9.17) is 5.73 Å². The Morgan fingerprint density at radius 1 is 1.53 bits per heavy atom. The van der Waals surface area contributed by atoms with E-state index in [9.17, 15) is 9.18 Å². The Morgan fingerprint density at radius 2 is 2.32 bits per heavy atom. The summed E-state index contributed by atoms with van der Waals surface area (Å²) in [4.78, 5) is 11.6. The van der Waals surface area contributed by atoms with Crippen LogP contribution >= 0.6 is 23.1 Å². The molecule has 0 radical (unpaired) electrons. The molecule has 0 fully saturated rings. The minimum atomic E-state index is -0.563. The number of esters is 1. The molecule has 0 aliphatic rings. The average Bonchev–Trinajstić information content (AvgIpc) is 2.82. The van der Waals surface area contributed by atoms with Crippen molar-refractivity contribution in [2.45, 2.75) is 10.1 Å². The highest BCUT2D eigenvalue weighted by molar-refractivity contribution is 8.00. The number of methoxy groups -OCH3 is 1. The standard InChI is InChI=1S/C11H10FN3O2S2/c1-17-9(16)8-4-7(12)3-2-6(8)5-18-11-15-14-10(13)19-11/h2-4H,5H2,1H3,(H2,13,14). The molecular formula is C11H10FN3O2S2. The lowest BCUT2D eigenvalue weighted by Gasteiger charge is -2.06. The van der Waals surface area contributed by atoms with E-state index >= 15 is 0 Å². The van der Waals surface area contributed by atoms with Gasteiger partial charge in [0.15, 0.2) is 4.34 Å². The van der Waals surface area contributed by atoms with Crippen molar-refractivity contribution in [2.75, 3.05) is 12.8 Å². The number of thioether (sulfide) groups is 1. The first-order valence-corrected chi connectivity index (χ1v) is 6.99. The largest absolute Gasteiger partial charge is 0.465 e. The minimum absolute atomic E-state index is 0.215. The van der Waals surface area contributed by atoms with Crippen LogP contribution in [0.15, 0.2) is 22.5 Å². The Hall–Kier alpha value is -1.67. The third kappa shape index (κ3) is 3.42. The van der Waals surface area contributed by atoms with Gasteiger partial charge in [-0.15, -0.1) is 10.2 Å². The van der Waals surface area contributed by atoms with Gasteiger partial charge in [-0.05, 0) is 17.7 Å². The fourth-order valence-electron chi connectivity index (χ4n) is 1.39. The smallest absolute Gasteiger partial charge is 0.338 e.